The van der Waals surface area contributed by atoms with Crippen LogP contribution in [0.2, 0.25) is 0 Å². The summed E-state index contributed by atoms with van der Waals surface area (Å²) in [5.74, 6) is -0.943. The SMILES string of the molecule is CCS(=O)(=O)c1ccc(-c2ccc(NC(=O)c3cccc(F)c3)cc2)nn1. The van der Waals surface area contributed by atoms with Gasteiger partial charge in [-0.15, -0.1) is 10.2 Å². The number of halogens is 1. The summed E-state index contributed by atoms with van der Waals surface area (Å²) in [4.78, 5) is 12.1. The minimum atomic E-state index is -3.39. The fourth-order valence-electron chi connectivity index (χ4n) is 2.35. The fraction of sp³-hybridized carbons (Fsp3) is 0.105. The number of anilines is 1. The van der Waals surface area contributed by atoms with Crippen LogP contribution in [-0.4, -0.2) is 30.3 Å². The number of nitrogens with one attached hydrogen (secondary N) is 1. The van der Waals surface area contributed by atoms with E-state index >= 15 is 0 Å². The van der Waals surface area contributed by atoms with Gasteiger partial charge in [-0.2, -0.15) is 0 Å². The molecular weight excluding hydrogens is 369 g/mol. The molecule has 0 fully saturated rings. The van der Waals surface area contributed by atoms with Gasteiger partial charge < -0.3 is 5.32 Å². The zero-order chi connectivity index (χ0) is 19.4. The van der Waals surface area contributed by atoms with Crippen molar-refractivity contribution in [2.45, 2.75) is 11.9 Å². The summed E-state index contributed by atoms with van der Waals surface area (Å²) in [6.07, 6.45) is 0. The Morgan fingerprint density at radius 1 is 1.04 bits per heavy atom. The minimum Gasteiger partial charge on any atom is -0.322 e. The van der Waals surface area contributed by atoms with E-state index in [1.54, 1.807) is 37.3 Å². The molecule has 0 aliphatic rings. The Bertz CT molecular complexity index is 1070. The van der Waals surface area contributed by atoms with Crippen molar-refractivity contribution in [3.8, 4) is 11.3 Å². The molecule has 8 heteroatoms. The second kappa shape index (κ2) is 7.63. The van der Waals surface area contributed by atoms with Gasteiger partial charge in [0.2, 0.25) is 0 Å². The highest BCUT2D eigenvalue weighted by Gasteiger charge is 2.14. The van der Waals surface area contributed by atoms with Crippen LogP contribution in [0.5, 0.6) is 0 Å². The van der Waals surface area contributed by atoms with Gasteiger partial charge in [0.15, 0.2) is 14.9 Å². The molecule has 3 rings (SSSR count). The van der Waals surface area contributed by atoms with Crippen molar-refractivity contribution in [2.75, 3.05) is 11.1 Å². The summed E-state index contributed by atoms with van der Waals surface area (Å²) in [6, 6.07) is 15.2. The molecule has 0 aliphatic heterocycles. The van der Waals surface area contributed by atoms with E-state index in [9.17, 15) is 17.6 Å². The van der Waals surface area contributed by atoms with Gasteiger partial charge in [0.1, 0.15) is 5.82 Å². The molecule has 138 valence electrons. The molecule has 0 aliphatic carbocycles. The Morgan fingerprint density at radius 2 is 1.78 bits per heavy atom. The smallest absolute Gasteiger partial charge is 0.255 e. The van der Waals surface area contributed by atoms with Crippen LogP contribution in [0.1, 0.15) is 17.3 Å². The lowest BCUT2D eigenvalue weighted by Crippen LogP contribution is -2.11. The first kappa shape index (κ1) is 18.7. The molecule has 0 saturated heterocycles. The number of hydrogen-bond donors (Lipinski definition) is 1. The molecule has 3 aromatic rings. The summed E-state index contributed by atoms with van der Waals surface area (Å²) in [6.45, 7) is 1.54. The molecule has 0 unspecified atom stereocenters. The Balaban J connectivity index is 1.74. The van der Waals surface area contributed by atoms with Crippen molar-refractivity contribution in [1.29, 1.82) is 0 Å². The third-order valence-corrected chi connectivity index (χ3v) is 5.48. The van der Waals surface area contributed by atoms with Crippen molar-refractivity contribution in [3.63, 3.8) is 0 Å². The van der Waals surface area contributed by atoms with Gasteiger partial charge in [0.05, 0.1) is 11.4 Å². The van der Waals surface area contributed by atoms with E-state index in [1.165, 1.54) is 24.3 Å². The maximum Gasteiger partial charge on any atom is 0.255 e. The lowest BCUT2D eigenvalue weighted by Gasteiger charge is -2.07. The van der Waals surface area contributed by atoms with Crippen LogP contribution < -0.4 is 5.32 Å². The largest absolute Gasteiger partial charge is 0.322 e. The maximum absolute atomic E-state index is 13.2. The van der Waals surface area contributed by atoms with Gasteiger partial charge in [-0.25, -0.2) is 12.8 Å². The number of aromatic nitrogens is 2. The summed E-state index contributed by atoms with van der Waals surface area (Å²) < 4.78 is 36.7. The molecule has 1 heterocycles. The first-order valence-corrected chi connectivity index (χ1v) is 9.78. The number of carbonyl (C=O) groups excluding carboxylic acids is 1. The van der Waals surface area contributed by atoms with Crippen molar-refractivity contribution >= 4 is 21.4 Å². The van der Waals surface area contributed by atoms with Crippen LogP contribution in [0.4, 0.5) is 10.1 Å². The van der Waals surface area contributed by atoms with Gasteiger partial charge in [0, 0.05) is 16.8 Å². The average Bonchev–Trinajstić information content (AvgIpc) is 2.68. The first-order chi connectivity index (χ1) is 12.9. The van der Waals surface area contributed by atoms with E-state index in [4.69, 9.17) is 0 Å². The van der Waals surface area contributed by atoms with E-state index in [-0.39, 0.29) is 16.3 Å². The molecule has 0 spiro atoms. The van der Waals surface area contributed by atoms with Crippen LogP contribution in [-0.2, 0) is 9.84 Å². The number of benzene rings is 2. The zero-order valence-corrected chi connectivity index (χ0v) is 15.2. The van der Waals surface area contributed by atoms with E-state index < -0.39 is 21.6 Å². The normalized spacial score (nSPS) is 11.2. The quantitative estimate of drug-likeness (QED) is 0.728. The van der Waals surface area contributed by atoms with Gasteiger partial charge >= 0.3 is 0 Å². The lowest BCUT2D eigenvalue weighted by molar-refractivity contribution is 0.102. The van der Waals surface area contributed by atoms with Gasteiger partial charge in [0.25, 0.3) is 5.91 Å². The molecule has 6 nitrogen and oxygen atoms in total. The zero-order valence-electron chi connectivity index (χ0n) is 14.4. The summed E-state index contributed by atoms with van der Waals surface area (Å²) in [5.41, 5.74) is 1.98. The van der Waals surface area contributed by atoms with Crippen LogP contribution in [0, 0.1) is 5.82 Å². The predicted molar refractivity (Wildman–Crippen MR) is 99.5 cm³/mol. The van der Waals surface area contributed by atoms with Gasteiger partial charge in [-0.05, 0) is 42.5 Å². The molecule has 0 saturated carbocycles. The second-order valence-electron chi connectivity index (χ2n) is 5.70. The van der Waals surface area contributed by atoms with Crippen LogP contribution in [0.25, 0.3) is 11.3 Å². The van der Waals surface area contributed by atoms with Crippen LogP contribution in [0.15, 0.2) is 65.7 Å². The standard InChI is InChI=1S/C19H16FN3O3S/c1-2-27(25,26)18-11-10-17(22-23-18)13-6-8-16(9-7-13)21-19(24)14-4-3-5-15(20)12-14/h3-12H,2H2,1H3,(H,21,24). The Labute approximate surface area is 156 Å². The van der Waals surface area contributed by atoms with Crippen LogP contribution in [0.3, 0.4) is 0 Å². The highest BCUT2D eigenvalue weighted by Crippen LogP contribution is 2.20. The van der Waals surface area contributed by atoms with E-state index in [2.05, 4.69) is 15.5 Å². The molecule has 0 atom stereocenters. The third kappa shape index (κ3) is 4.35. The van der Waals surface area contributed by atoms with E-state index in [0.29, 0.717) is 16.9 Å². The number of amides is 1. The number of rotatable bonds is 5. The predicted octanol–water partition coefficient (Wildman–Crippen LogP) is 3.33. The van der Waals surface area contributed by atoms with E-state index in [0.717, 1.165) is 6.07 Å². The molecular formula is C19H16FN3O3S. The van der Waals surface area contributed by atoms with Crippen molar-refractivity contribution in [1.82, 2.24) is 10.2 Å². The Morgan fingerprint density at radius 3 is 2.37 bits per heavy atom. The van der Waals surface area contributed by atoms with Gasteiger partial charge in [-0.3, -0.25) is 4.79 Å². The topological polar surface area (TPSA) is 89.0 Å². The molecule has 1 amide bonds. The second-order valence-corrected chi connectivity index (χ2v) is 7.93. The number of carbonyl (C=O) groups is 1. The number of nitrogens with zero attached hydrogens (tertiary/aromatic N) is 2. The maximum atomic E-state index is 13.2. The molecule has 1 aromatic heterocycles. The van der Waals surface area contributed by atoms with Crippen LogP contribution >= 0.6 is 0 Å². The summed E-state index contributed by atoms with van der Waals surface area (Å²) in [5, 5.41) is 10.3. The summed E-state index contributed by atoms with van der Waals surface area (Å²) in [7, 11) is -3.39. The Kier molecular flexibility index (Phi) is 5.27. The number of hydrogen-bond acceptors (Lipinski definition) is 5. The Hall–Kier alpha value is -3.13. The average molecular weight is 385 g/mol. The number of sulfone groups is 1. The van der Waals surface area contributed by atoms with Crippen molar-refractivity contribution < 1.29 is 17.6 Å². The minimum absolute atomic E-state index is 0.0409. The molecule has 0 bridgehead atoms. The van der Waals surface area contributed by atoms with E-state index in [1.807, 2.05) is 0 Å². The highest BCUT2D eigenvalue weighted by molar-refractivity contribution is 7.91. The third-order valence-electron chi connectivity index (χ3n) is 3.86. The molecule has 0 radical (unpaired) electrons. The molecule has 1 N–H and O–H groups in total. The first-order valence-electron chi connectivity index (χ1n) is 8.13. The lowest BCUT2D eigenvalue weighted by atomic mass is 10.1. The summed E-state index contributed by atoms with van der Waals surface area (Å²) >= 11 is 0. The van der Waals surface area contributed by atoms with Gasteiger partial charge in [-0.1, -0.05) is 25.1 Å². The highest BCUT2D eigenvalue weighted by atomic mass is 32.2. The monoisotopic (exact) mass is 385 g/mol. The van der Waals surface area contributed by atoms with Crippen molar-refractivity contribution in [2.24, 2.45) is 0 Å². The fourth-order valence-corrected chi connectivity index (χ4v) is 3.08. The molecule has 2 aromatic carbocycles. The molecule has 27 heavy (non-hydrogen) atoms. The van der Waals surface area contributed by atoms with Crippen molar-refractivity contribution in [3.05, 3.63) is 72.0 Å².